The van der Waals surface area contributed by atoms with Crippen molar-refractivity contribution >= 4 is 23.2 Å². The van der Waals surface area contributed by atoms with Gasteiger partial charge in [-0.05, 0) is 36.1 Å². The predicted octanol–water partition coefficient (Wildman–Crippen LogP) is 3.40. The van der Waals surface area contributed by atoms with Crippen molar-refractivity contribution in [3.63, 3.8) is 0 Å². The van der Waals surface area contributed by atoms with Crippen molar-refractivity contribution in [1.82, 2.24) is 0 Å². The van der Waals surface area contributed by atoms with Gasteiger partial charge in [-0.2, -0.15) is 0 Å². The summed E-state index contributed by atoms with van der Waals surface area (Å²) in [5.74, 6) is -0.00710. The fourth-order valence-electron chi connectivity index (χ4n) is 2.58. The summed E-state index contributed by atoms with van der Waals surface area (Å²) in [6, 6.07) is 12.7. The first-order valence-corrected chi connectivity index (χ1v) is 6.87. The molecule has 1 aliphatic rings. The number of phenols is 1. The standard InChI is InChI=1S/C16H14ClNO2/c17-14-9-13(19)5-6-15(14)18-16(20)12-7-10-3-1-2-4-11(10)8-12/h1-6,9,12,19H,7-8H2,(H,18,20). The minimum atomic E-state index is -0.0581. The molecular formula is C16H14ClNO2. The van der Waals surface area contributed by atoms with Crippen LogP contribution in [0, 0.1) is 5.92 Å². The Morgan fingerprint density at radius 1 is 1.15 bits per heavy atom. The number of benzene rings is 2. The van der Waals surface area contributed by atoms with Crippen LogP contribution in [0.1, 0.15) is 11.1 Å². The second-order valence-electron chi connectivity index (χ2n) is 5.03. The fraction of sp³-hybridized carbons (Fsp3) is 0.188. The van der Waals surface area contributed by atoms with Gasteiger partial charge in [-0.15, -0.1) is 0 Å². The second kappa shape index (κ2) is 5.17. The summed E-state index contributed by atoms with van der Waals surface area (Å²) in [7, 11) is 0. The van der Waals surface area contributed by atoms with Gasteiger partial charge in [0.2, 0.25) is 5.91 Å². The number of amides is 1. The van der Waals surface area contributed by atoms with E-state index in [0.717, 1.165) is 12.8 Å². The summed E-state index contributed by atoms with van der Waals surface area (Å²) in [4.78, 5) is 12.3. The molecule has 0 unspecified atom stereocenters. The van der Waals surface area contributed by atoms with E-state index in [4.69, 9.17) is 11.6 Å². The van der Waals surface area contributed by atoms with Crippen LogP contribution in [-0.2, 0) is 17.6 Å². The van der Waals surface area contributed by atoms with E-state index in [2.05, 4.69) is 17.4 Å². The number of halogens is 1. The molecule has 0 aromatic heterocycles. The van der Waals surface area contributed by atoms with Crippen molar-refractivity contribution in [3.05, 3.63) is 58.6 Å². The molecule has 2 aromatic rings. The number of anilines is 1. The molecule has 0 saturated heterocycles. The average Bonchev–Trinajstić information content (AvgIpc) is 2.86. The van der Waals surface area contributed by atoms with E-state index in [1.807, 2.05) is 12.1 Å². The molecule has 2 aromatic carbocycles. The van der Waals surface area contributed by atoms with E-state index in [9.17, 15) is 9.90 Å². The van der Waals surface area contributed by atoms with Crippen LogP contribution in [0.15, 0.2) is 42.5 Å². The lowest BCUT2D eigenvalue weighted by Crippen LogP contribution is -2.23. The first kappa shape index (κ1) is 13.0. The Labute approximate surface area is 122 Å². The SMILES string of the molecule is O=C(Nc1ccc(O)cc1Cl)C1Cc2ccccc2C1. The minimum Gasteiger partial charge on any atom is -0.508 e. The van der Waals surface area contributed by atoms with Crippen molar-refractivity contribution in [2.24, 2.45) is 5.92 Å². The van der Waals surface area contributed by atoms with E-state index in [0.29, 0.717) is 10.7 Å². The number of fused-ring (bicyclic) bond motifs is 1. The molecule has 4 heteroatoms. The molecule has 0 heterocycles. The van der Waals surface area contributed by atoms with Gasteiger partial charge in [-0.3, -0.25) is 4.79 Å². The zero-order chi connectivity index (χ0) is 14.1. The zero-order valence-electron chi connectivity index (χ0n) is 10.8. The first-order chi connectivity index (χ1) is 9.63. The number of hydrogen-bond acceptors (Lipinski definition) is 2. The molecule has 0 atom stereocenters. The number of hydrogen-bond donors (Lipinski definition) is 2. The maximum absolute atomic E-state index is 12.3. The smallest absolute Gasteiger partial charge is 0.228 e. The average molecular weight is 288 g/mol. The van der Waals surface area contributed by atoms with Crippen molar-refractivity contribution in [1.29, 1.82) is 0 Å². The molecular weight excluding hydrogens is 274 g/mol. The summed E-state index contributed by atoms with van der Waals surface area (Å²) in [5, 5.41) is 12.5. The Hall–Kier alpha value is -2.00. The molecule has 3 rings (SSSR count). The van der Waals surface area contributed by atoms with Crippen LogP contribution in [0.2, 0.25) is 5.02 Å². The molecule has 0 spiro atoms. The van der Waals surface area contributed by atoms with Gasteiger partial charge in [-0.25, -0.2) is 0 Å². The quantitative estimate of drug-likeness (QED) is 0.832. The molecule has 102 valence electrons. The highest BCUT2D eigenvalue weighted by Crippen LogP contribution is 2.30. The van der Waals surface area contributed by atoms with E-state index < -0.39 is 0 Å². The molecule has 3 nitrogen and oxygen atoms in total. The van der Waals surface area contributed by atoms with Crippen LogP contribution in [0.25, 0.3) is 0 Å². The lowest BCUT2D eigenvalue weighted by atomic mass is 10.1. The predicted molar refractivity (Wildman–Crippen MR) is 79.1 cm³/mol. The Bertz CT molecular complexity index is 644. The number of nitrogens with one attached hydrogen (secondary N) is 1. The van der Waals surface area contributed by atoms with Gasteiger partial charge in [0.1, 0.15) is 5.75 Å². The van der Waals surface area contributed by atoms with E-state index >= 15 is 0 Å². The molecule has 0 saturated carbocycles. The highest BCUT2D eigenvalue weighted by molar-refractivity contribution is 6.33. The number of carbonyl (C=O) groups excluding carboxylic acids is 1. The van der Waals surface area contributed by atoms with Crippen molar-refractivity contribution < 1.29 is 9.90 Å². The summed E-state index contributed by atoms with van der Waals surface area (Å²) >= 11 is 5.99. The summed E-state index contributed by atoms with van der Waals surface area (Å²) in [5.41, 5.74) is 3.01. The maximum atomic E-state index is 12.3. The Morgan fingerprint density at radius 3 is 2.40 bits per heavy atom. The summed E-state index contributed by atoms with van der Waals surface area (Å²) < 4.78 is 0. The fourth-order valence-corrected chi connectivity index (χ4v) is 2.81. The van der Waals surface area contributed by atoms with Gasteiger partial charge in [0, 0.05) is 12.0 Å². The van der Waals surface area contributed by atoms with Crippen LogP contribution < -0.4 is 5.32 Å². The van der Waals surface area contributed by atoms with E-state index in [1.54, 1.807) is 6.07 Å². The Kier molecular flexibility index (Phi) is 3.36. The number of phenolic OH excluding ortho intramolecular Hbond substituents is 1. The number of aromatic hydroxyl groups is 1. The Balaban J connectivity index is 1.72. The first-order valence-electron chi connectivity index (χ1n) is 6.49. The highest BCUT2D eigenvalue weighted by atomic mass is 35.5. The molecule has 0 bridgehead atoms. The molecule has 0 radical (unpaired) electrons. The maximum Gasteiger partial charge on any atom is 0.228 e. The molecule has 1 aliphatic carbocycles. The third-order valence-electron chi connectivity index (χ3n) is 3.63. The van der Waals surface area contributed by atoms with Crippen molar-refractivity contribution in [2.75, 3.05) is 5.32 Å². The number of carbonyl (C=O) groups is 1. The van der Waals surface area contributed by atoms with Crippen LogP contribution >= 0.6 is 11.6 Å². The van der Waals surface area contributed by atoms with Gasteiger partial charge in [-0.1, -0.05) is 35.9 Å². The van der Waals surface area contributed by atoms with Crippen LogP contribution in [0.3, 0.4) is 0 Å². The van der Waals surface area contributed by atoms with Gasteiger partial charge < -0.3 is 10.4 Å². The van der Waals surface area contributed by atoms with E-state index in [1.165, 1.54) is 23.3 Å². The monoisotopic (exact) mass is 287 g/mol. The van der Waals surface area contributed by atoms with Crippen molar-refractivity contribution in [2.45, 2.75) is 12.8 Å². The molecule has 20 heavy (non-hydrogen) atoms. The second-order valence-corrected chi connectivity index (χ2v) is 5.43. The lowest BCUT2D eigenvalue weighted by Gasteiger charge is -2.11. The Morgan fingerprint density at radius 2 is 1.80 bits per heavy atom. The summed E-state index contributed by atoms with van der Waals surface area (Å²) in [6.07, 6.45) is 1.52. The molecule has 0 aliphatic heterocycles. The van der Waals surface area contributed by atoms with Crippen LogP contribution in [0.4, 0.5) is 5.69 Å². The van der Waals surface area contributed by atoms with Gasteiger partial charge >= 0.3 is 0 Å². The largest absolute Gasteiger partial charge is 0.508 e. The molecule has 1 amide bonds. The normalized spacial score (nSPS) is 14.1. The lowest BCUT2D eigenvalue weighted by molar-refractivity contribution is -0.119. The van der Waals surface area contributed by atoms with Gasteiger partial charge in [0.05, 0.1) is 10.7 Å². The highest BCUT2D eigenvalue weighted by Gasteiger charge is 2.27. The summed E-state index contributed by atoms with van der Waals surface area (Å²) in [6.45, 7) is 0. The third kappa shape index (κ3) is 2.49. The number of rotatable bonds is 2. The zero-order valence-corrected chi connectivity index (χ0v) is 11.5. The molecule has 2 N–H and O–H groups in total. The van der Waals surface area contributed by atoms with E-state index in [-0.39, 0.29) is 17.6 Å². The van der Waals surface area contributed by atoms with Crippen LogP contribution in [-0.4, -0.2) is 11.0 Å². The third-order valence-corrected chi connectivity index (χ3v) is 3.95. The molecule has 0 fully saturated rings. The minimum absolute atomic E-state index is 0.0335. The van der Waals surface area contributed by atoms with Gasteiger partial charge in [0.15, 0.2) is 0 Å². The van der Waals surface area contributed by atoms with Gasteiger partial charge in [0.25, 0.3) is 0 Å². The topological polar surface area (TPSA) is 49.3 Å². The van der Waals surface area contributed by atoms with Crippen LogP contribution in [0.5, 0.6) is 5.75 Å². The van der Waals surface area contributed by atoms with Crippen molar-refractivity contribution in [3.8, 4) is 5.75 Å².